The van der Waals surface area contributed by atoms with Gasteiger partial charge in [0, 0.05) is 19.3 Å². The number of aromatic carboxylic acids is 1. The molecule has 5 nitrogen and oxygen atoms in total. The number of nitrogens with zero attached hydrogens (tertiary/aromatic N) is 1. The summed E-state index contributed by atoms with van der Waals surface area (Å²) in [7, 11) is 0. The standard InChI is InChI=1S/C13H20N2O3/c16-9-4-2-1-3-7-14-10-12-11(13(17)18)6-5-8-15-12/h5-6,8,14,16H,1-4,7,9-10H2,(H,17,18). The lowest BCUT2D eigenvalue weighted by atomic mass is 10.2. The maximum Gasteiger partial charge on any atom is 0.337 e. The van der Waals surface area contributed by atoms with E-state index in [-0.39, 0.29) is 12.2 Å². The Bertz CT molecular complexity index is 369. The second-order valence-electron chi connectivity index (χ2n) is 4.12. The maximum absolute atomic E-state index is 10.9. The number of unbranched alkanes of at least 4 members (excludes halogenated alkanes) is 3. The molecule has 0 fully saturated rings. The van der Waals surface area contributed by atoms with Crippen molar-refractivity contribution in [3.8, 4) is 0 Å². The van der Waals surface area contributed by atoms with E-state index < -0.39 is 5.97 Å². The van der Waals surface area contributed by atoms with E-state index in [1.807, 2.05) is 0 Å². The van der Waals surface area contributed by atoms with E-state index in [1.54, 1.807) is 18.3 Å². The first kappa shape index (κ1) is 14.6. The van der Waals surface area contributed by atoms with E-state index in [0.29, 0.717) is 12.2 Å². The van der Waals surface area contributed by atoms with Crippen LogP contribution in [0.5, 0.6) is 0 Å². The molecule has 0 amide bonds. The molecule has 0 aliphatic carbocycles. The van der Waals surface area contributed by atoms with Crippen molar-refractivity contribution in [3.05, 3.63) is 29.6 Å². The number of rotatable bonds is 9. The fourth-order valence-electron chi connectivity index (χ4n) is 1.70. The first-order chi connectivity index (χ1) is 8.75. The molecule has 100 valence electrons. The molecule has 0 aliphatic rings. The van der Waals surface area contributed by atoms with Crippen molar-refractivity contribution in [2.75, 3.05) is 13.2 Å². The fourth-order valence-corrected chi connectivity index (χ4v) is 1.70. The van der Waals surface area contributed by atoms with Crippen LogP contribution in [0.4, 0.5) is 0 Å². The Balaban J connectivity index is 2.25. The summed E-state index contributed by atoms with van der Waals surface area (Å²) < 4.78 is 0. The number of carboxylic acids is 1. The second kappa shape index (κ2) is 8.60. The fraction of sp³-hybridized carbons (Fsp3) is 0.538. The Hall–Kier alpha value is -1.46. The van der Waals surface area contributed by atoms with Crippen molar-refractivity contribution >= 4 is 5.97 Å². The smallest absolute Gasteiger partial charge is 0.337 e. The quantitative estimate of drug-likeness (QED) is 0.579. The molecule has 3 N–H and O–H groups in total. The Morgan fingerprint density at radius 3 is 2.78 bits per heavy atom. The topological polar surface area (TPSA) is 82.5 Å². The molecule has 1 aromatic rings. The molecule has 1 heterocycles. The van der Waals surface area contributed by atoms with Crippen LogP contribution >= 0.6 is 0 Å². The summed E-state index contributed by atoms with van der Waals surface area (Å²) in [5.74, 6) is -0.942. The van der Waals surface area contributed by atoms with Crippen LogP contribution in [0.3, 0.4) is 0 Å². The van der Waals surface area contributed by atoms with Crippen LogP contribution in [0.1, 0.15) is 41.7 Å². The van der Waals surface area contributed by atoms with Gasteiger partial charge >= 0.3 is 5.97 Å². The second-order valence-corrected chi connectivity index (χ2v) is 4.12. The number of aliphatic hydroxyl groups excluding tert-OH is 1. The summed E-state index contributed by atoms with van der Waals surface area (Å²) in [6, 6.07) is 3.19. The van der Waals surface area contributed by atoms with Crippen LogP contribution in [0, 0.1) is 0 Å². The molecule has 5 heteroatoms. The van der Waals surface area contributed by atoms with Gasteiger partial charge in [-0.15, -0.1) is 0 Å². The molecule has 0 aliphatic heterocycles. The van der Waals surface area contributed by atoms with Crippen molar-refractivity contribution in [1.82, 2.24) is 10.3 Å². The van der Waals surface area contributed by atoms with E-state index in [9.17, 15) is 4.79 Å². The first-order valence-corrected chi connectivity index (χ1v) is 6.24. The van der Waals surface area contributed by atoms with Crippen molar-refractivity contribution in [2.24, 2.45) is 0 Å². The number of hydrogen-bond acceptors (Lipinski definition) is 4. The highest BCUT2D eigenvalue weighted by Gasteiger charge is 2.09. The van der Waals surface area contributed by atoms with Gasteiger partial charge in [-0.1, -0.05) is 12.8 Å². The molecule has 0 spiro atoms. The Kier molecular flexibility index (Phi) is 6.98. The van der Waals surface area contributed by atoms with Gasteiger partial charge in [0.15, 0.2) is 0 Å². The number of carboxylic acid groups (broad SMARTS) is 1. The van der Waals surface area contributed by atoms with Crippen LogP contribution in [0.25, 0.3) is 0 Å². The van der Waals surface area contributed by atoms with Gasteiger partial charge in [-0.05, 0) is 31.5 Å². The predicted molar refractivity (Wildman–Crippen MR) is 68.5 cm³/mol. The summed E-state index contributed by atoms with van der Waals surface area (Å²) >= 11 is 0. The van der Waals surface area contributed by atoms with Gasteiger partial charge in [0.1, 0.15) is 0 Å². The Morgan fingerprint density at radius 1 is 1.28 bits per heavy atom. The molecule has 0 bridgehead atoms. The molecule has 1 aromatic heterocycles. The number of aliphatic hydroxyl groups is 1. The molecule has 0 saturated heterocycles. The third kappa shape index (κ3) is 5.25. The minimum absolute atomic E-state index is 0.253. The SMILES string of the molecule is O=C(O)c1cccnc1CNCCCCCCO. The highest BCUT2D eigenvalue weighted by atomic mass is 16.4. The van der Waals surface area contributed by atoms with Gasteiger partial charge in [-0.2, -0.15) is 0 Å². The molecular weight excluding hydrogens is 232 g/mol. The van der Waals surface area contributed by atoms with Crippen molar-refractivity contribution < 1.29 is 15.0 Å². The van der Waals surface area contributed by atoms with Crippen LogP contribution in [0.15, 0.2) is 18.3 Å². The maximum atomic E-state index is 10.9. The number of aromatic nitrogens is 1. The molecule has 1 rings (SSSR count). The van der Waals surface area contributed by atoms with Crippen LogP contribution in [0.2, 0.25) is 0 Å². The van der Waals surface area contributed by atoms with Crippen molar-refractivity contribution in [2.45, 2.75) is 32.2 Å². The van der Waals surface area contributed by atoms with Crippen molar-refractivity contribution in [1.29, 1.82) is 0 Å². The largest absolute Gasteiger partial charge is 0.478 e. The third-order valence-electron chi connectivity index (χ3n) is 2.67. The van der Waals surface area contributed by atoms with Crippen LogP contribution in [-0.4, -0.2) is 34.3 Å². The van der Waals surface area contributed by atoms with Gasteiger partial charge in [0.05, 0.1) is 11.3 Å². The predicted octanol–water partition coefficient (Wildman–Crippen LogP) is 1.42. The monoisotopic (exact) mass is 252 g/mol. The normalized spacial score (nSPS) is 10.5. The van der Waals surface area contributed by atoms with Crippen LogP contribution < -0.4 is 5.32 Å². The number of nitrogens with one attached hydrogen (secondary N) is 1. The lowest BCUT2D eigenvalue weighted by Gasteiger charge is -2.06. The van der Waals surface area contributed by atoms with Gasteiger partial charge in [-0.3, -0.25) is 4.98 Å². The van der Waals surface area contributed by atoms with E-state index in [1.165, 1.54) is 0 Å². The lowest BCUT2D eigenvalue weighted by molar-refractivity contribution is 0.0695. The van der Waals surface area contributed by atoms with E-state index >= 15 is 0 Å². The van der Waals surface area contributed by atoms with E-state index in [2.05, 4.69) is 10.3 Å². The summed E-state index contributed by atoms with van der Waals surface area (Å²) in [5.41, 5.74) is 0.825. The zero-order chi connectivity index (χ0) is 13.2. The minimum atomic E-state index is -0.942. The van der Waals surface area contributed by atoms with Gasteiger partial charge in [0.2, 0.25) is 0 Å². The molecule has 0 unspecified atom stereocenters. The summed E-state index contributed by atoms with van der Waals surface area (Å²) in [6.07, 6.45) is 5.58. The Morgan fingerprint density at radius 2 is 2.06 bits per heavy atom. The zero-order valence-corrected chi connectivity index (χ0v) is 10.4. The lowest BCUT2D eigenvalue weighted by Crippen LogP contribution is -2.18. The van der Waals surface area contributed by atoms with Gasteiger partial charge < -0.3 is 15.5 Å². The minimum Gasteiger partial charge on any atom is -0.478 e. The van der Waals surface area contributed by atoms with Gasteiger partial charge in [-0.25, -0.2) is 4.79 Å². The molecular formula is C13H20N2O3. The van der Waals surface area contributed by atoms with Gasteiger partial charge in [0.25, 0.3) is 0 Å². The number of pyridine rings is 1. The van der Waals surface area contributed by atoms with Crippen LogP contribution in [-0.2, 0) is 6.54 Å². The molecule has 0 aromatic carbocycles. The Labute approximate surface area is 107 Å². The molecule has 18 heavy (non-hydrogen) atoms. The zero-order valence-electron chi connectivity index (χ0n) is 10.4. The summed E-state index contributed by atoms with van der Waals surface area (Å²) in [5, 5.41) is 20.8. The van der Waals surface area contributed by atoms with E-state index in [4.69, 9.17) is 10.2 Å². The average molecular weight is 252 g/mol. The third-order valence-corrected chi connectivity index (χ3v) is 2.67. The number of hydrogen-bond donors (Lipinski definition) is 3. The summed E-state index contributed by atoms with van der Waals surface area (Å²) in [6.45, 7) is 1.56. The highest BCUT2D eigenvalue weighted by molar-refractivity contribution is 5.88. The summed E-state index contributed by atoms with van der Waals surface area (Å²) in [4.78, 5) is 15.0. The highest BCUT2D eigenvalue weighted by Crippen LogP contribution is 2.05. The first-order valence-electron chi connectivity index (χ1n) is 6.24. The molecule has 0 atom stereocenters. The molecule has 0 saturated carbocycles. The molecule has 0 radical (unpaired) electrons. The van der Waals surface area contributed by atoms with Crippen molar-refractivity contribution in [3.63, 3.8) is 0 Å². The number of carbonyl (C=O) groups is 1. The average Bonchev–Trinajstić information content (AvgIpc) is 2.38. The van der Waals surface area contributed by atoms with E-state index in [0.717, 1.165) is 32.2 Å².